The molecule has 0 aromatic rings. The first-order valence-electron chi connectivity index (χ1n) is 7.34. The molecule has 3 aliphatic rings. The van der Waals surface area contributed by atoms with Gasteiger partial charge in [-0.05, 0) is 56.5 Å². The van der Waals surface area contributed by atoms with Gasteiger partial charge in [0.05, 0.1) is 5.75 Å². The molecule has 1 N–H and O–H groups in total. The quantitative estimate of drug-likeness (QED) is 0.835. The summed E-state index contributed by atoms with van der Waals surface area (Å²) < 4.78 is 26.6. The summed E-state index contributed by atoms with van der Waals surface area (Å²) in [5.74, 6) is 2.00. The van der Waals surface area contributed by atoms with E-state index in [2.05, 4.69) is 5.32 Å². The van der Waals surface area contributed by atoms with Crippen molar-refractivity contribution in [1.29, 1.82) is 0 Å². The molecule has 3 unspecified atom stereocenters. The number of fused-ring (bicyclic) bond motifs is 1. The third kappa shape index (κ3) is 2.58. The predicted octanol–water partition coefficient (Wildman–Crippen LogP) is 1.05. The van der Waals surface area contributed by atoms with Crippen LogP contribution in [0.25, 0.3) is 0 Å². The third-order valence-corrected chi connectivity index (χ3v) is 6.91. The summed E-state index contributed by atoms with van der Waals surface area (Å²) in [7, 11) is -3.01. The number of nitrogens with zero attached hydrogens (tertiary/aromatic N) is 1. The first-order chi connectivity index (χ1) is 8.65. The molecule has 2 saturated heterocycles. The smallest absolute Gasteiger partial charge is 0.214 e. The van der Waals surface area contributed by atoms with Crippen LogP contribution in [-0.2, 0) is 10.0 Å². The van der Waals surface area contributed by atoms with E-state index in [0.717, 1.165) is 39.0 Å². The first-order valence-corrected chi connectivity index (χ1v) is 8.94. The van der Waals surface area contributed by atoms with Gasteiger partial charge in [0.15, 0.2) is 0 Å². The molecule has 1 aliphatic carbocycles. The van der Waals surface area contributed by atoms with Crippen molar-refractivity contribution in [3.63, 3.8) is 0 Å². The Bertz CT molecular complexity index is 378. The third-order valence-electron chi connectivity index (χ3n) is 4.93. The summed E-state index contributed by atoms with van der Waals surface area (Å²) in [6.45, 7) is 3.52. The van der Waals surface area contributed by atoms with Crippen LogP contribution < -0.4 is 5.32 Å². The van der Waals surface area contributed by atoms with E-state index < -0.39 is 10.0 Å². The topological polar surface area (TPSA) is 49.4 Å². The standard InChI is InChI=1S/C13H24N2O2S/c16-18(17,10-11-3-2-6-14-7-11)15-8-12-4-1-5-13(12)9-15/h11-14H,1-10H2. The van der Waals surface area contributed by atoms with E-state index in [0.29, 0.717) is 23.5 Å². The van der Waals surface area contributed by atoms with Crippen molar-refractivity contribution in [2.75, 3.05) is 31.9 Å². The van der Waals surface area contributed by atoms with Gasteiger partial charge >= 0.3 is 0 Å². The maximum atomic E-state index is 12.4. The van der Waals surface area contributed by atoms with Gasteiger partial charge in [-0.2, -0.15) is 0 Å². The molecule has 2 heterocycles. The summed E-state index contributed by atoms with van der Waals surface area (Å²) in [5.41, 5.74) is 0. The van der Waals surface area contributed by atoms with Gasteiger partial charge in [0.25, 0.3) is 0 Å². The van der Waals surface area contributed by atoms with Gasteiger partial charge in [0.1, 0.15) is 0 Å². The number of piperidine rings is 1. The van der Waals surface area contributed by atoms with Gasteiger partial charge in [-0.25, -0.2) is 12.7 Å². The largest absolute Gasteiger partial charge is 0.316 e. The zero-order valence-corrected chi connectivity index (χ0v) is 11.8. The predicted molar refractivity (Wildman–Crippen MR) is 71.8 cm³/mol. The SMILES string of the molecule is O=S(=O)(CC1CCCNC1)N1CC2CCCC2C1. The number of nitrogens with one attached hydrogen (secondary N) is 1. The van der Waals surface area contributed by atoms with Crippen LogP contribution in [0.3, 0.4) is 0 Å². The zero-order chi connectivity index (χ0) is 12.6. The van der Waals surface area contributed by atoms with E-state index in [1.54, 1.807) is 4.31 Å². The van der Waals surface area contributed by atoms with Crippen LogP contribution in [0.1, 0.15) is 32.1 Å². The highest BCUT2D eigenvalue weighted by Crippen LogP contribution is 2.39. The van der Waals surface area contributed by atoms with Crippen LogP contribution >= 0.6 is 0 Å². The molecule has 5 heteroatoms. The van der Waals surface area contributed by atoms with E-state index in [4.69, 9.17) is 0 Å². The number of rotatable bonds is 3. The van der Waals surface area contributed by atoms with Gasteiger partial charge in [-0.15, -0.1) is 0 Å². The second kappa shape index (κ2) is 5.10. The van der Waals surface area contributed by atoms with E-state index >= 15 is 0 Å². The molecule has 0 radical (unpaired) electrons. The number of hydrogen-bond donors (Lipinski definition) is 1. The molecule has 0 amide bonds. The van der Waals surface area contributed by atoms with Gasteiger partial charge < -0.3 is 5.32 Å². The van der Waals surface area contributed by atoms with E-state index in [9.17, 15) is 8.42 Å². The normalized spacial score (nSPS) is 37.9. The van der Waals surface area contributed by atoms with Gasteiger partial charge in [-0.1, -0.05) is 6.42 Å². The summed E-state index contributed by atoms with van der Waals surface area (Å²) >= 11 is 0. The zero-order valence-electron chi connectivity index (χ0n) is 11.0. The van der Waals surface area contributed by atoms with E-state index in [1.807, 2.05) is 0 Å². The highest BCUT2D eigenvalue weighted by Gasteiger charge is 2.41. The van der Waals surface area contributed by atoms with Crippen molar-refractivity contribution in [2.45, 2.75) is 32.1 Å². The molecule has 2 aliphatic heterocycles. The fourth-order valence-electron chi connectivity index (χ4n) is 3.89. The molecule has 0 aromatic heterocycles. The Morgan fingerprint density at radius 1 is 1.06 bits per heavy atom. The summed E-state index contributed by atoms with van der Waals surface area (Å²) in [4.78, 5) is 0. The minimum absolute atomic E-state index is 0.323. The van der Waals surface area contributed by atoms with Gasteiger partial charge in [0, 0.05) is 13.1 Å². The molecule has 0 spiro atoms. The molecule has 3 rings (SSSR count). The summed E-state index contributed by atoms with van der Waals surface area (Å²) in [6.07, 6.45) is 5.96. The fraction of sp³-hybridized carbons (Fsp3) is 1.00. The van der Waals surface area contributed by atoms with Crippen LogP contribution in [0.5, 0.6) is 0 Å². The van der Waals surface area contributed by atoms with Crippen LogP contribution in [0, 0.1) is 17.8 Å². The van der Waals surface area contributed by atoms with E-state index in [-0.39, 0.29) is 0 Å². The lowest BCUT2D eigenvalue weighted by molar-refractivity contribution is 0.387. The van der Waals surface area contributed by atoms with Crippen molar-refractivity contribution in [1.82, 2.24) is 9.62 Å². The highest BCUT2D eigenvalue weighted by atomic mass is 32.2. The van der Waals surface area contributed by atoms with Crippen molar-refractivity contribution >= 4 is 10.0 Å². The molecule has 4 nitrogen and oxygen atoms in total. The van der Waals surface area contributed by atoms with Crippen molar-refractivity contribution < 1.29 is 8.42 Å². The molecular formula is C13H24N2O2S. The van der Waals surface area contributed by atoms with Crippen molar-refractivity contribution in [3.8, 4) is 0 Å². The average Bonchev–Trinajstić information content (AvgIpc) is 2.89. The molecule has 0 aromatic carbocycles. The Morgan fingerprint density at radius 2 is 1.78 bits per heavy atom. The Hall–Kier alpha value is -0.130. The molecule has 3 fully saturated rings. The summed E-state index contributed by atoms with van der Waals surface area (Å²) in [6, 6.07) is 0. The monoisotopic (exact) mass is 272 g/mol. The van der Waals surface area contributed by atoms with Crippen LogP contribution in [0.15, 0.2) is 0 Å². The number of sulfonamides is 1. The maximum absolute atomic E-state index is 12.4. The lowest BCUT2D eigenvalue weighted by Crippen LogP contribution is -2.39. The molecule has 18 heavy (non-hydrogen) atoms. The minimum Gasteiger partial charge on any atom is -0.316 e. The number of hydrogen-bond acceptors (Lipinski definition) is 3. The second-order valence-electron chi connectivity index (χ2n) is 6.26. The first kappa shape index (κ1) is 12.9. The van der Waals surface area contributed by atoms with Crippen molar-refractivity contribution in [2.24, 2.45) is 17.8 Å². The molecule has 0 bridgehead atoms. The van der Waals surface area contributed by atoms with Gasteiger partial charge in [-0.3, -0.25) is 0 Å². The molecule has 1 saturated carbocycles. The lowest BCUT2D eigenvalue weighted by Gasteiger charge is -2.25. The highest BCUT2D eigenvalue weighted by molar-refractivity contribution is 7.89. The maximum Gasteiger partial charge on any atom is 0.214 e. The van der Waals surface area contributed by atoms with Crippen molar-refractivity contribution in [3.05, 3.63) is 0 Å². The van der Waals surface area contributed by atoms with Crippen LogP contribution in [0.4, 0.5) is 0 Å². The summed E-state index contributed by atoms with van der Waals surface area (Å²) in [5, 5.41) is 3.30. The molecule has 104 valence electrons. The molecule has 3 atom stereocenters. The fourth-order valence-corrected chi connectivity index (χ4v) is 5.82. The van der Waals surface area contributed by atoms with Crippen LogP contribution in [0.2, 0.25) is 0 Å². The van der Waals surface area contributed by atoms with E-state index in [1.165, 1.54) is 19.3 Å². The Kier molecular flexibility index (Phi) is 3.65. The lowest BCUT2D eigenvalue weighted by atomic mass is 10.0. The van der Waals surface area contributed by atoms with Gasteiger partial charge in [0.2, 0.25) is 10.0 Å². The van der Waals surface area contributed by atoms with Crippen LogP contribution in [-0.4, -0.2) is 44.7 Å². The average molecular weight is 272 g/mol. The second-order valence-corrected chi connectivity index (χ2v) is 8.27. The Balaban J connectivity index is 1.60. The minimum atomic E-state index is -3.01. The Labute approximate surface area is 110 Å². The Morgan fingerprint density at radius 3 is 2.39 bits per heavy atom. The molecular weight excluding hydrogens is 248 g/mol.